The summed E-state index contributed by atoms with van der Waals surface area (Å²) in [6.07, 6.45) is -3.14. The molecule has 0 N–H and O–H groups in total. The number of sulfone groups is 1. The van der Waals surface area contributed by atoms with E-state index in [1.807, 2.05) is 13.0 Å². The van der Waals surface area contributed by atoms with Crippen molar-refractivity contribution in [3.05, 3.63) is 84.1 Å². The van der Waals surface area contributed by atoms with Gasteiger partial charge in [0.25, 0.3) is 0 Å². The third-order valence-corrected chi connectivity index (χ3v) is 7.12. The van der Waals surface area contributed by atoms with Crippen LogP contribution in [0.1, 0.15) is 18.1 Å². The number of hydrogen-bond acceptors (Lipinski definition) is 4. The predicted octanol–water partition coefficient (Wildman–Crippen LogP) is 6.81. The van der Waals surface area contributed by atoms with E-state index >= 15 is 0 Å². The topological polar surface area (TPSA) is 56.3 Å². The second kappa shape index (κ2) is 8.51. The van der Waals surface area contributed by atoms with Crippen molar-refractivity contribution in [2.75, 3.05) is 5.75 Å². The maximum atomic E-state index is 13.5. The third-order valence-electron chi connectivity index (χ3n) is 5.37. The third kappa shape index (κ3) is 4.57. The van der Waals surface area contributed by atoms with E-state index in [9.17, 15) is 21.6 Å². The van der Waals surface area contributed by atoms with Crippen LogP contribution in [0.25, 0.3) is 22.0 Å². The van der Waals surface area contributed by atoms with Crippen LogP contribution < -0.4 is 4.74 Å². The van der Waals surface area contributed by atoms with Crippen LogP contribution in [-0.2, 0) is 16.0 Å². The fraction of sp³-hybridized carbons (Fsp3) is 0.160. The minimum atomic E-state index is -4.51. The molecule has 0 aliphatic rings. The molecule has 0 spiro atoms. The van der Waals surface area contributed by atoms with Gasteiger partial charge in [-0.3, -0.25) is 4.98 Å². The first kappa shape index (κ1) is 22.8. The SMILES string of the molecule is CCS(=O)(=O)c1ccc(Oc2ccc(C)c(-c3ccnc4c(C(F)(F)F)cccc34)c2)cc1. The van der Waals surface area contributed by atoms with Crippen molar-refractivity contribution in [3.8, 4) is 22.6 Å². The summed E-state index contributed by atoms with van der Waals surface area (Å²) < 4.78 is 70.3. The first-order chi connectivity index (χ1) is 15.6. The summed E-state index contributed by atoms with van der Waals surface area (Å²) in [5.74, 6) is 0.919. The molecule has 4 aromatic rings. The average molecular weight is 472 g/mol. The highest BCUT2D eigenvalue weighted by molar-refractivity contribution is 7.91. The fourth-order valence-electron chi connectivity index (χ4n) is 3.61. The normalized spacial score (nSPS) is 12.2. The lowest BCUT2D eigenvalue weighted by Crippen LogP contribution is -2.06. The van der Waals surface area contributed by atoms with Crippen LogP contribution in [0, 0.1) is 6.92 Å². The fourth-order valence-corrected chi connectivity index (χ4v) is 4.50. The number of hydrogen-bond donors (Lipinski definition) is 0. The van der Waals surface area contributed by atoms with Crippen LogP contribution in [0.5, 0.6) is 11.5 Å². The van der Waals surface area contributed by atoms with Gasteiger partial charge in [-0.15, -0.1) is 0 Å². The summed E-state index contributed by atoms with van der Waals surface area (Å²) in [5.41, 5.74) is 1.29. The van der Waals surface area contributed by atoms with Crippen LogP contribution in [0.4, 0.5) is 13.2 Å². The monoisotopic (exact) mass is 471 g/mol. The smallest absolute Gasteiger partial charge is 0.418 e. The first-order valence-electron chi connectivity index (χ1n) is 10.2. The Morgan fingerprint density at radius 2 is 1.61 bits per heavy atom. The van der Waals surface area contributed by atoms with Crippen LogP contribution in [0.3, 0.4) is 0 Å². The van der Waals surface area contributed by atoms with E-state index in [1.165, 1.54) is 24.4 Å². The second-order valence-corrected chi connectivity index (χ2v) is 9.79. The minimum absolute atomic E-state index is 0.00443. The van der Waals surface area contributed by atoms with Gasteiger partial charge in [-0.2, -0.15) is 13.2 Å². The molecule has 0 atom stereocenters. The zero-order valence-electron chi connectivity index (χ0n) is 17.8. The van der Waals surface area contributed by atoms with Crippen molar-refractivity contribution < 1.29 is 26.3 Å². The standard InChI is InChI=1S/C25H20F3NO3S/c1-3-33(30,31)19-11-9-17(10-12-19)32-18-8-7-16(2)22(15-18)20-13-14-29-24-21(20)5-4-6-23(24)25(26,27)28/h4-15H,3H2,1-2H3. The number of aromatic nitrogens is 1. The Morgan fingerprint density at radius 3 is 2.27 bits per heavy atom. The Balaban J connectivity index is 1.74. The van der Waals surface area contributed by atoms with E-state index in [2.05, 4.69) is 4.98 Å². The average Bonchev–Trinajstić information content (AvgIpc) is 2.79. The number of benzene rings is 3. The van der Waals surface area contributed by atoms with Gasteiger partial charge < -0.3 is 4.74 Å². The zero-order valence-corrected chi connectivity index (χ0v) is 18.7. The van der Waals surface area contributed by atoms with Crippen molar-refractivity contribution in [3.63, 3.8) is 0 Å². The Labute approximate surface area is 189 Å². The molecule has 3 aromatic carbocycles. The van der Waals surface area contributed by atoms with E-state index in [1.54, 1.807) is 43.3 Å². The van der Waals surface area contributed by atoms with Crippen LogP contribution in [-0.4, -0.2) is 19.2 Å². The highest BCUT2D eigenvalue weighted by atomic mass is 32.2. The maximum Gasteiger partial charge on any atom is 0.418 e. The molecule has 0 unspecified atom stereocenters. The van der Waals surface area contributed by atoms with E-state index < -0.39 is 21.6 Å². The van der Waals surface area contributed by atoms with Gasteiger partial charge in [0.2, 0.25) is 0 Å². The molecule has 4 rings (SSSR count). The molecule has 1 aromatic heterocycles. The molecular weight excluding hydrogens is 451 g/mol. The van der Waals surface area contributed by atoms with Crippen molar-refractivity contribution in [2.45, 2.75) is 24.9 Å². The van der Waals surface area contributed by atoms with Crippen molar-refractivity contribution in [2.24, 2.45) is 0 Å². The second-order valence-electron chi connectivity index (χ2n) is 7.51. The largest absolute Gasteiger partial charge is 0.457 e. The molecule has 8 heteroatoms. The first-order valence-corrected chi connectivity index (χ1v) is 11.8. The Bertz CT molecular complexity index is 1430. The number of halogens is 3. The highest BCUT2D eigenvalue weighted by Crippen LogP contribution is 2.38. The molecule has 4 nitrogen and oxygen atoms in total. The number of nitrogens with zero attached hydrogens (tertiary/aromatic N) is 1. The number of para-hydroxylation sites is 1. The Hall–Kier alpha value is -3.39. The van der Waals surface area contributed by atoms with Gasteiger partial charge >= 0.3 is 6.18 Å². The Kier molecular flexibility index (Phi) is 5.88. The van der Waals surface area contributed by atoms with E-state index in [4.69, 9.17) is 4.74 Å². The molecule has 0 aliphatic carbocycles. The number of alkyl halides is 3. The van der Waals surface area contributed by atoms with Gasteiger partial charge in [-0.25, -0.2) is 8.42 Å². The van der Waals surface area contributed by atoms with Gasteiger partial charge in [0.05, 0.1) is 21.7 Å². The summed E-state index contributed by atoms with van der Waals surface area (Å²) in [5, 5.41) is 0.390. The molecule has 0 saturated heterocycles. The minimum Gasteiger partial charge on any atom is -0.457 e. The van der Waals surface area contributed by atoms with E-state index in [0.717, 1.165) is 11.6 Å². The number of pyridine rings is 1. The number of rotatable bonds is 5. The molecule has 170 valence electrons. The summed E-state index contributed by atoms with van der Waals surface area (Å²) >= 11 is 0. The van der Waals surface area contributed by atoms with Gasteiger partial charge in [0, 0.05) is 11.6 Å². The van der Waals surface area contributed by atoms with Gasteiger partial charge in [0.15, 0.2) is 9.84 Å². The molecule has 0 bridgehead atoms. The lowest BCUT2D eigenvalue weighted by molar-refractivity contribution is -0.136. The maximum absolute atomic E-state index is 13.5. The lowest BCUT2D eigenvalue weighted by atomic mass is 9.96. The quantitative estimate of drug-likeness (QED) is 0.321. The highest BCUT2D eigenvalue weighted by Gasteiger charge is 2.33. The van der Waals surface area contributed by atoms with E-state index in [-0.39, 0.29) is 16.2 Å². The molecular formula is C25H20F3NO3S. The Morgan fingerprint density at radius 1 is 0.909 bits per heavy atom. The van der Waals surface area contributed by atoms with Crippen molar-refractivity contribution >= 4 is 20.7 Å². The number of aryl methyl sites for hydroxylation is 1. The molecule has 33 heavy (non-hydrogen) atoms. The van der Waals surface area contributed by atoms with E-state index in [0.29, 0.717) is 28.0 Å². The molecule has 0 amide bonds. The summed E-state index contributed by atoms with van der Waals surface area (Å²) in [7, 11) is -3.31. The lowest BCUT2D eigenvalue weighted by Gasteiger charge is -2.15. The summed E-state index contributed by atoms with van der Waals surface area (Å²) in [6, 6.07) is 17.1. The number of ether oxygens (including phenoxy) is 1. The molecule has 0 radical (unpaired) electrons. The van der Waals surface area contributed by atoms with Crippen molar-refractivity contribution in [1.29, 1.82) is 0 Å². The van der Waals surface area contributed by atoms with Gasteiger partial charge in [-0.1, -0.05) is 25.1 Å². The van der Waals surface area contributed by atoms with Crippen LogP contribution in [0.2, 0.25) is 0 Å². The van der Waals surface area contributed by atoms with Crippen molar-refractivity contribution in [1.82, 2.24) is 4.98 Å². The number of fused-ring (bicyclic) bond motifs is 1. The molecule has 0 saturated carbocycles. The molecule has 0 aliphatic heterocycles. The van der Waals surface area contributed by atoms with Gasteiger partial charge in [-0.05, 0) is 72.1 Å². The van der Waals surface area contributed by atoms with Crippen LogP contribution >= 0.6 is 0 Å². The predicted molar refractivity (Wildman–Crippen MR) is 121 cm³/mol. The van der Waals surface area contributed by atoms with Gasteiger partial charge in [0.1, 0.15) is 11.5 Å². The van der Waals surface area contributed by atoms with Crippen LogP contribution in [0.15, 0.2) is 77.8 Å². The summed E-state index contributed by atoms with van der Waals surface area (Å²) in [6.45, 7) is 3.44. The summed E-state index contributed by atoms with van der Waals surface area (Å²) in [4.78, 5) is 4.20. The molecule has 0 fully saturated rings. The zero-order chi connectivity index (χ0) is 23.8. The molecule has 1 heterocycles.